The van der Waals surface area contributed by atoms with Crippen molar-refractivity contribution in [1.82, 2.24) is 4.90 Å². The first-order chi connectivity index (χ1) is 15.1. The molecule has 0 spiro atoms. The van der Waals surface area contributed by atoms with Gasteiger partial charge in [0.2, 0.25) is 0 Å². The molecule has 32 heavy (non-hydrogen) atoms. The molecule has 3 rings (SSSR count). The number of allylic oxidation sites excluding steroid dienone is 1. The van der Waals surface area contributed by atoms with Gasteiger partial charge in [-0.2, -0.15) is 18.4 Å². The summed E-state index contributed by atoms with van der Waals surface area (Å²) in [6.45, 7) is 4.94. The Labute approximate surface area is 182 Å². The first kappa shape index (κ1) is 22.6. The smallest absolute Gasteiger partial charge is 0.416 e. The SMILES string of the molecule is C=CCN1C(=O)N(c2cccc(C(F)(F)F)c2)C(C)=C(C(=O)O)[C@H]1c1ccc(C#N)cc1. The summed E-state index contributed by atoms with van der Waals surface area (Å²) in [5.74, 6) is -1.32. The number of hydrogen-bond donors (Lipinski definition) is 1. The molecule has 0 unspecified atom stereocenters. The zero-order valence-electron chi connectivity index (χ0n) is 16.9. The molecule has 1 aliphatic heterocycles. The van der Waals surface area contributed by atoms with E-state index in [1.807, 2.05) is 6.07 Å². The van der Waals surface area contributed by atoms with E-state index < -0.39 is 29.8 Å². The second kappa shape index (κ2) is 8.59. The van der Waals surface area contributed by atoms with E-state index in [4.69, 9.17) is 5.26 Å². The Morgan fingerprint density at radius 1 is 1.25 bits per heavy atom. The first-order valence-electron chi connectivity index (χ1n) is 9.43. The Kier molecular flexibility index (Phi) is 6.07. The molecule has 0 fully saturated rings. The van der Waals surface area contributed by atoms with Gasteiger partial charge in [0.25, 0.3) is 0 Å². The van der Waals surface area contributed by atoms with Gasteiger partial charge in [-0.15, -0.1) is 6.58 Å². The molecule has 1 N–H and O–H groups in total. The van der Waals surface area contributed by atoms with Crippen LogP contribution in [-0.4, -0.2) is 28.6 Å². The van der Waals surface area contributed by atoms with Gasteiger partial charge in [-0.25, -0.2) is 9.59 Å². The molecule has 2 amide bonds. The molecule has 164 valence electrons. The summed E-state index contributed by atoms with van der Waals surface area (Å²) in [6.07, 6.45) is -3.23. The van der Waals surface area contributed by atoms with Crippen LogP contribution in [0.4, 0.5) is 23.7 Å². The summed E-state index contributed by atoms with van der Waals surface area (Å²) in [5.41, 5.74) is -0.440. The number of carbonyl (C=O) groups is 2. The molecule has 2 aromatic carbocycles. The summed E-state index contributed by atoms with van der Waals surface area (Å²) in [4.78, 5) is 27.8. The zero-order valence-corrected chi connectivity index (χ0v) is 16.9. The van der Waals surface area contributed by atoms with E-state index in [9.17, 15) is 27.9 Å². The monoisotopic (exact) mass is 441 g/mol. The number of carbonyl (C=O) groups excluding carboxylic acids is 1. The van der Waals surface area contributed by atoms with Crippen LogP contribution in [0.25, 0.3) is 0 Å². The average molecular weight is 441 g/mol. The molecule has 0 aliphatic carbocycles. The lowest BCUT2D eigenvalue weighted by Crippen LogP contribution is -2.50. The Hall–Kier alpha value is -4.06. The van der Waals surface area contributed by atoms with Crippen molar-refractivity contribution < 1.29 is 27.9 Å². The van der Waals surface area contributed by atoms with Crippen molar-refractivity contribution in [2.45, 2.75) is 19.1 Å². The largest absolute Gasteiger partial charge is 0.478 e. The summed E-state index contributed by atoms with van der Waals surface area (Å²) < 4.78 is 39.7. The van der Waals surface area contributed by atoms with Crippen LogP contribution in [-0.2, 0) is 11.0 Å². The third-order valence-electron chi connectivity index (χ3n) is 5.09. The van der Waals surface area contributed by atoms with Gasteiger partial charge in [0.1, 0.15) is 0 Å². The molecule has 0 aromatic heterocycles. The summed E-state index contributed by atoms with van der Waals surface area (Å²) >= 11 is 0. The summed E-state index contributed by atoms with van der Waals surface area (Å²) in [7, 11) is 0. The number of aliphatic carboxylic acids is 1. The highest BCUT2D eigenvalue weighted by Crippen LogP contribution is 2.40. The highest BCUT2D eigenvalue weighted by atomic mass is 19.4. The van der Waals surface area contributed by atoms with Crippen LogP contribution in [0.5, 0.6) is 0 Å². The maximum atomic E-state index is 13.4. The quantitative estimate of drug-likeness (QED) is 0.654. The molecule has 0 bridgehead atoms. The fraction of sp³-hybridized carbons (Fsp3) is 0.174. The maximum absolute atomic E-state index is 13.4. The Balaban J connectivity index is 2.23. The van der Waals surface area contributed by atoms with Crippen LogP contribution in [0.15, 0.2) is 72.5 Å². The number of benzene rings is 2. The van der Waals surface area contributed by atoms with Gasteiger partial charge in [-0.3, -0.25) is 4.90 Å². The topological polar surface area (TPSA) is 84.6 Å². The third kappa shape index (κ3) is 4.07. The molecular formula is C23H18F3N3O3. The second-order valence-corrected chi connectivity index (χ2v) is 7.05. The van der Waals surface area contributed by atoms with Crippen molar-refractivity contribution >= 4 is 17.7 Å². The minimum atomic E-state index is -4.63. The van der Waals surface area contributed by atoms with Crippen LogP contribution in [0.3, 0.4) is 0 Å². The van der Waals surface area contributed by atoms with Gasteiger partial charge in [-0.1, -0.05) is 24.3 Å². The van der Waals surface area contributed by atoms with Gasteiger partial charge in [0.15, 0.2) is 0 Å². The first-order valence-corrected chi connectivity index (χ1v) is 9.43. The van der Waals surface area contributed by atoms with Crippen molar-refractivity contribution in [3.63, 3.8) is 0 Å². The van der Waals surface area contributed by atoms with Gasteiger partial charge in [0.05, 0.1) is 34.5 Å². The minimum absolute atomic E-state index is 0.00324. The maximum Gasteiger partial charge on any atom is 0.416 e. The van der Waals surface area contributed by atoms with E-state index in [0.717, 1.165) is 23.1 Å². The number of nitriles is 1. The predicted molar refractivity (Wildman–Crippen MR) is 110 cm³/mol. The van der Waals surface area contributed by atoms with Crippen LogP contribution in [0.2, 0.25) is 0 Å². The lowest BCUT2D eigenvalue weighted by molar-refractivity contribution is -0.137. The van der Waals surface area contributed by atoms with Crippen molar-refractivity contribution in [1.29, 1.82) is 5.26 Å². The number of rotatable bonds is 5. The summed E-state index contributed by atoms with van der Waals surface area (Å²) in [6, 6.07) is 10.5. The van der Waals surface area contributed by atoms with E-state index in [-0.39, 0.29) is 23.5 Å². The highest BCUT2D eigenvalue weighted by molar-refractivity contribution is 6.02. The van der Waals surface area contributed by atoms with Gasteiger partial charge < -0.3 is 10.0 Å². The molecule has 1 atom stereocenters. The predicted octanol–water partition coefficient (Wildman–Crippen LogP) is 5.10. The number of alkyl halides is 3. The van der Waals surface area contributed by atoms with Gasteiger partial charge in [0, 0.05) is 12.2 Å². The molecule has 9 heteroatoms. The van der Waals surface area contributed by atoms with E-state index in [0.29, 0.717) is 11.1 Å². The van der Waals surface area contributed by atoms with Crippen molar-refractivity contribution in [3.05, 3.63) is 89.1 Å². The molecule has 1 heterocycles. The number of hydrogen-bond acceptors (Lipinski definition) is 3. The number of carboxylic acid groups (broad SMARTS) is 1. The molecular weight excluding hydrogens is 423 g/mol. The molecule has 0 radical (unpaired) electrons. The molecule has 6 nitrogen and oxygen atoms in total. The van der Waals surface area contributed by atoms with Crippen LogP contribution in [0, 0.1) is 11.3 Å². The lowest BCUT2D eigenvalue weighted by Gasteiger charge is -2.42. The van der Waals surface area contributed by atoms with Crippen LogP contribution < -0.4 is 4.90 Å². The van der Waals surface area contributed by atoms with E-state index in [2.05, 4.69) is 6.58 Å². The molecule has 0 saturated carbocycles. The normalized spacial score (nSPS) is 16.7. The van der Waals surface area contributed by atoms with Gasteiger partial charge in [-0.05, 0) is 42.8 Å². The second-order valence-electron chi connectivity index (χ2n) is 7.05. The number of amides is 2. The van der Waals surface area contributed by atoms with Crippen LogP contribution in [0.1, 0.15) is 29.7 Å². The standard InChI is InChI=1S/C23H18F3N3O3/c1-3-11-28-20(16-9-7-15(13-27)8-10-16)19(21(30)31)14(2)29(22(28)32)18-6-4-5-17(12-18)23(24,25)26/h3-10,12,20H,1,11H2,2H3,(H,30,31)/t20-/m1/s1. The summed E-state index contributed by atoms with van der Waals surface area (Å²) in [5, 5.41) is 19.0. The van der Waals surface area contributed by atoms with E-state index >= 15 is 0 Å². The molecule has 2 aromatic rings. The fourth-order valence-corrected chi connectivity index (χ4v) is 3.66. The average Bonchev–Trinajstić information content (AvgIpc) is 2.75. The number of urea groups is 1. The number of anilines is 1. The minimum Gasteiger partial charge on any atom is -0.478 e. The number of halogens is 3. The Bertz CT molecular complexity index is 1150. The molecule has 0 saturated heterocycles. The van der Waals surface area contributed by atoms with Gasteiger partial charge >= 0.3 is 18.2 Å². The highest BCUT2D eigenvalue weighted by Gasteiger charge is 2.42. The fourth-order valence-electron chi connectivity index (χ4n) is 3.66. The Morgan fingerprint density at radius 2 is 1.91 bits per heavy atom. The number of carboxylic acids is 1. The zero-order chi connectivity index (χ0) is 23.6. The van der Waals surface area contributed by atoms with Crippen LogP contribution >= 0.6 is 0 Å². The van der Waals surface area contributed by atoms with E-state index in [1.165, 1.54) is 36.1 Å². The molecule has 1 aliphatic rings. The number of nitrogens with zero attached hydrogens (tertiary/aromatic N) is 3. The third-order valence-corrected chi connectivity index (χ3v) is 5.09. The Morgan fingerprint density at radius 3 is 2.44 bits per heavy atom. The van der Waals surface area contributed by atoms with Crippen molar-refractivity contribution in [2.75, 3.05) is 11.4 Å². The van der Waals surface area contributed by atoms with Crippen molar-refractivity contribution in [2.24, 2.45) is 0 Å². The lowest BCUT2D eigenvalue weighted by atomic mass is 9.92. The van der Waals surface area contributed by atoms with E-state index in [1.54, 1.807) is 12.1 Å². The van der Waals surface area contributed by atoms with Crippen molar-refractivity contribution in [3.8, 4) is 6.07 Å².